The summed E-state index contributed by atoms with van der Waals surface area (Å²) in [5, 5.41) is 23.7. The smallest absolute Gasteiger partial charge is 0.329 e. The number of nitrogens with one attached hydrogen (secondary N) is 2. The Bertz CT molecular complexity index is 2460. The molecule has 0 bridgehead atoms. The molecule has 1 aromatic heterocycles. The number of anilines is 1. The van der Waals surface area contributed by atoms with Crippen molar-refractivity contribution in [3.05, 3.63) is 76.2 Å². The number of halogens is 1. The molecule has 290 valence electrons. The number of phenolic OH excluding ortho intramolecular Hbond substituents is 1. The highest BCUT2D eigenvalue weighted by molar-refractivity contribution is 7.92. The minimum atomic E-state index is -4.35. The Hall–Kier alpha value is -5.46. The molecule has 2 atom stereocenters. The first kappa shape index (κ1) is 36.5. The van der Waals surface area contributed by atoms with E-state index in [1.807, 2.05) is 18.2 Å². The fourth-order valence-corrected chi connectivity index (χ4v) is 9.28. The average Bonchev–Trinajstić information content (AvgIpc) is 3.81. The summed E-state index contributed by atoms with van der Waals surface area (Å²) in [6.07, 6.45) is 3.29. The number of phenols is 1. The molecule has 16 nitrogen and oxygen atoms in total. The Morgan fingerprint density at radius 2 is 1.76 bits per heavy atom. The summed E-state index contributed by atoms with van der Waals surface area (Å²) < 4.78 is 51.5. The second-order valence-corrected chi connectivity index (χ2v) is 16.2. The Morgan fingerprint density at radius 3 is 2.49 bits per heavy atom. The monoisotopic (exact) mass is 777 g/mol. The maximum Gasteiger partial charge on any atom is 0.329 e. The second kappa shape index (κ2) is 14.0. The summed E-state index contributed by atoms with van der Waals surface area (Å²) in [4.78, 5) is 53.9. The molecule has 4 fully saturated rings. The SMILES string of the molecule is Cn1c(=O)n(C2CCC(=O)NC2O)c2ccc(C3CCN(CC(=O)N4CC/C(=C\Oc5ccc6cc(O)c(N7CC(=O)NS7(=O)=O)c(F)c6c5)C4)CC3)cc21. The summed E-state index contributed by atoms with van der Waals surface area (Å²) in [7, 11) is -2.64. The van der Waals surface area contributed by atoms with Gasteiger partial charge in [0.1, 0.15) is 30.0 Å². The van der Waals surface area contributed by atoms with Crippen LogP contribution >= 0.6 is 0 Å². The zero-order chi connectivity index (χ0) is 38.8. The molecule has 0 saturated carbocycles. The summed E-state index contributed by atoms with van der Waals surface area (Å²) in [6.45, 7) is 1.99. The zero-order valence-electron chi connectivity index (χ0n) is 29.9. The highest BCUT2D eigenvalue weighted by atomic mass is 32.2. The van der Waals surface area contributed by atoms with Crippen LogP contribution in [0.1, 0.15) is 49.6 Å². The van der Waals surface area contributed by atoms with E-state index in [1.54, 1.807) is 31.9 Å². The average molecular weight is 778 g/mol. The van der Waals surface area contributed by atoms with Crippen molar-refractivity contribution in [1.82, 2.24) is 29.0 Å². The molecule has 4 aliphatic rings. The largest absolute Gasteiger partial charge is 0.506 e. The zero-order valence-corrected chi connectivity index (χ0v) is 30.7. The summed E-state index contributed by atoms with van der Waals surface area (Å²) >= 11 is 0. The first-order valence-electron chi connectivity index (χ1n) is 18.1. The normalized spacial score (nSPS) is 22.9. The molecule has 2 unspecified atom stereocenters. The van der Waals surface area contributed by atoms with Crippen molar-refractivity contribution in [2.45, 2.75) is 50.3 Å². The maximum absolute atomic E-state index is 15.6. The van der Waals surface area contributed by atoms with Crippen LogP contribution in [-0.2, 0) is 31.6 Å². The van der Waals surface area contributed by atoms with E-state index in [0.29, 0.717) is 41.1 Å². The number of imidazole rings is 1. The van der Waals surface area contributed by atoms with Gasteiger partial charge >= 0.3 is 15.9 Å². The molecule has 3 amide bonds. The lowest BCUT2D eigenvalue weighted by molar-refractivity contribution is -0.131. The number of rotatable bonds is 7. The number of carbonyl (C=O) groups is 3. The Balaban J connectivity index is 0.868. The van der Waals surface area contributed by atoms with E-state index in [1.165, 1.54) is 24.5 Å². The number of fused-ring (bicyclic) bond motifs is 2. The number of nitrogens with zero attached hydrogens (tertiary/aromatic N) is 5. The highest BCUT2D eigenvalue weighted by Crippen LogP contribution is 2.39. The second-order valence-electron chi connectivity index (χ2n) is 14.6. The van der Waals surface area contributed by atoms with Gasteiger partial charge in [-0.3, -0.25) is 28.4 Å². The molecule has 0 radical (unpaired) electrons. The molecule has 4 aromatic rings. The number of aliphatic hydroxyl groups excluding tert-OH is 1. The topological polar surface area (TPSA) is 196 Å². The van der Waals surface area contributed by atoms with Gasteiger partial charge in [-0.1, -0.05) is 12.1 Å². The lowest BCUT2D eigenvalue weighted by atomic mass is 9.89. The molecule has 4 aliphatic heterocycles. The van der Waals surface area contributed by atoms with Crippen LogP contribution in [-0.4, -0.2) is 101 Å². The maximum atomic E-state index is 15.6. The van der Waals surface area contributed by atoms with Crippen LogP contribution < -0.4 is 24.8 Å². The van der Waals surface area contributed by atoms with Crippen LogP contribution in [0.4, 0.5) is 10.1 Å². The van der Waals surface area contributed by atoms with E-state index < -0.39 is 52.2 Å². The minimum Gasteiger partial charge on any atom is -0.506 e. The fraction of sp³-hybridized carbons (Fsp3) is 0.405. The number of ether oxygens (including phenoxy) is 1. The fourth-order valence-electron chi connectivity index (χ4n) is 8.12. The number of hydrogen-bond acceptors (Lipinski definition) is 10. The van der Waals surface area contributed by atoms with Crippen LogP contribution in [0.5, 0.6) is 11.5 Å². The van der Waals surface area contributed by atoms with Crippen LogP contribution in [0.15, 0.2) is 59.1 Å². The number of benzene rings is 3. The van der Waals surface area contributed by atoms with Crippen molar-refractivity contribution in [2.24, 2.45) is 7.05 Å². The number of hydrogen-bond donors (Lipinski definition) is 4. The third-order valence-corrected chi connectivity index (χ3v) is 12.5. The van der Waals surface area contributed by atoms with Gasteiger partial charge in [-0.2, -0.15) is 8.42 Å². The lowest BCUT2D eigenvalue weighted by Crippen LogP contribution is -2.47. The number of aromatic nitrogens is 2. The molecule has 18 heteroatoms. The predicted octanol–water partition coefficient (Wildman–Crippen LogP) is 1.66. The van der Waals surface area contributed by atoms with Crippen LogP contribution in [0.2, 0.25) is 0 Å². The van der Waals surface area contributed by atoms with Gasteiger partial charge < -0.3 is 25.2 Å². The van der Waals surface area contributed by atoms with Crippen molar-refractivity contribution in [1.29, 1.82) is 0 Å². The van der Waals surface area contributed by atoms with Crippen molar-refractivity contribution in [2.75, 3.05) is 43.6 Å². The van der Waals surface area contributed by atoms with Crippen molar-refractivity contribution >= 4 is 55.4 Å². The standard InChI is InChI=1S/C37H40FN7O9S/c1-41-29-14-23(3-5-27(29)45(37(41)51)28-6-7-31(47)39-36(28)50)22-9-11-42(12-10-22)19-33(49)43-13-8-21(17-43)20-54-25-4-2-24-15-30(46)35(34(38)26(24)16-25)44-18-32(48)40-55(44,52)53/h2-5,14-16,20,22,28,36,46,50H,6-13,17-19H2,1H3,(H,39,47)(H,40,48)/b21-20+. The van der Waals surface area contributed by atoms with Gasteiger partial charge in [-0.15, -0.1) is 0 Å². The van der Waals surface area contributed by atoms with Gasteiger partial charge in [0.2, 0.25) is 11.8 Å². The minimum absolute atomic E-state index is 0.00523. The van der Waals surface area contributed by atoms with Gasteiger partial charge in [0.05, 0.1) is 29.9 Å². The van der Waals surface area contributed by atoms with Gasteiger partial charge in [-0.25, -0.2) is 18.2 Å². The van der Waals surface area contributed by atoms with Crippen molar-refractivity contribution in [3.63, 3.8) is 0 Å². The number of carbonyl (C=O) groups excluding carboxylic acids is 3. The Kier molecular flexibility index (Phi) is 9.29. The molecule has 0 aliphatic carbocycles. The Labute approximate surface area is 314 Å². The summed E-state index contributed by atoms with van der Waals surface area (Å²) in [5.74, 6) is -2.21. The number of aromatic hydroxyl groups is 1. The highest BCUT2D eigenvalue weighted by Gasteiger charge is 2.38. The van der Waals surface area contributed by atoms with E-state index in [2.05, 4.69) is 10.2 Å². The van der Waals surface area contributed by atoms with Crippen molar-refractivity contribution < 1.29 is 42.1 Å². The third kappa shape index (κ3) is 6.78. The van der Waals surface area contributed by atoms with E-state index in [-0.39, 0.29) is 47.5 Å². The van der Waals surface area contributed by atoms with Crippen LogP contribution in [0, 0.1) is 5.82 Å². The van der Waals surface area contributed by atoms with Gasteiger partial charge in [-0.05, 0) is 91.5 Å². The molecule has 4 N–H and O–H groups in total. The number of aryl methyl sites for hydroxylation is 1. The number of piperidine rings is 2. The van der Waals surface area contributed by atoms with E-state index in [0.717, 1.165) is 42.6 Å². The van der Waals surface area contributed by atoms with E-state index >= 15 is 4.39 Å². The molecular formula is C37H40FN7O9S. The molecule has 8 rings (SSSR count). The molecule has 3 aromatic carbocycles. The first-order chi connectivity index (χ1) is 26.3. The molecule has 55 heavy (non-hydrogen) atoms. The molecular weight excluding hydrogens is 738 g/mol. The Morgan fingerprint density at radius 1 is 0.982 bits per heavy atom. The van der Waals surface area contributed by atoms with E-state index in [4.69, 9.17) is 4.74 Å². The third-order valence-electron chi connectivity index (χ3n) is 11.1. The number of amides is 3. The quantitative estimate of drug-likeness (QED) is 0.201. The van der Waals surface area contributed by atoms with Crippen LogP contribution in [0.3, 0.4) is 0 Å². The molecule has 0 spiro atoms. The summed E-state index contributed by atoms with van der Waals surface area (Å²) in [6, 6.07) is 11.1. The number of aliphatic hydroxyl groups is 1. The lowest BCUT2D eigenvalue weighted by Gasteiger charge is -2.32. The van der Waals surface area contributed by atoms with Crippen molar-refractivity contribution in [3.8, 4) is 11.5 Å². The van der Waals surface area contributed by atoms with Crippen LogP contribution in [0.25, 0.3) is 21.8 Å². The molecule has 4 saturated heterocycles. The van der Waals surface area contributed by atoms with Gasteiger partial charge in [0.25, 0.3) is 5.91 Å². The van der Waals surface area contributed by atoms with Gasteiger partial charge in [0, 0.05) is 31.9 Å². The van der Waals surface area contributed by atoms with E-state index in [9.17, 15) is 37.8 Å². The van der Waals surface area contributed by atoms with Gasteiger partial charge in [0.15, 0.2) is 5.82 Å². The molecule has 5 heterocycles. The number of likely N-dealkylation sites (tertiary alicyclic amines) is 2. The summed E-state index contributed by atoms with van der Waals surface area (Å²) in [5.41, 5.74) is 2.57. The predicted molar refractivity (Wildman–Crippen MR) is 198 cm³/mol. The first-order valence-corrected chi connectivity index (χ1v) is 19.5.